The van der Waals surface area contributed by atoms with Crippen LogP contribution in [0.1, 0.15) is 18.4 Å². The summed E-state index contributed by atoms with van der Waals surface area (Å²) in [7, 11) is 0. The minimum Gasteiger partial charge on any atom is -0.481 e. The van der Waals surface area contributed by atoms with Gasteiger partial charge in [-0.2, -0.15) is 0 Å². The average Bonchev–Trinajstić information content (AvgIpc) is 2.51. The molecule has 0 unspecified atom stereocenters. The molecule has 0 aromatic heterocycles. The molecule has 2 N–H and O–H groups in total. The molecule has 0 spiro atoms. The summed E-state index contributed by atoms with van der Waals surface area (Å²) in [6, 6.07) is 3.58. The first-order chi connectivity index (χ1) is 8.99. The maximum absolute atomic E-state index is 11.7. The molecule has 1 heterocycles. The van der Waals surface area contributed by atoms with Gasteiger partial charge >= 0.3 is 5.97 Å². The molecule has 0 radical (unpaired) electrons. The number of halogens is 1. The molecule has 0 fully saturated rings. The first kappa shape index (κ1) is 13.7. The van der Waals surface area contributed by atoms with Crippen LogP contribution in [0.5, 0.6) is 0 Å². The van der Waals surface area contributed by atoms with Crippen LogP contribution in [0.15, 0.2) is 12.1 Å². The number of carboxylic acids is 1. The lowest BCUT2D eigenvalue weighted by atomic mass is 10.1. The Hall–Kier alpha value is -1.75. The number of carboxylic acid groups (broad SMARTS) is 1. The van der Waals surface area contributed by atoms with Crippen LogP contribution in [-0.2, 0) is 9.59 Å². The van der Waals surface area contributed by atoms with Crippen LogP contribution >= 0.6 is 11.6 Å². The SMILES string of the molecule is Cc1c(Cl)ccc2c1NC(=O)CCN2CCC(=O)O. The summed E-state index contributed by atoms with van der Waals surface area (Å²) in [4.78, 5) is 24.3. The molecule has 1 amide bonds. The number of hydrogen-bond donors (Lipinski definition) is 2. The summed E-state index contributed by atoms with van der Waals surface area (Å²) < 4.78 is 0. The molecule has 2 rings (SSSR count). The highest BCUT2D eigenvalue weighted by atomic mass is 35.5. The number of carbonyl (C=O) groups is 2. The lowest BCUT2D eigenvalue weighted by molar-refractivity contribution is -0.136. The fourth-order valence-corrected chi connectivity index (χ4v) is 2.27. The third kappa shape index (κ3) is 2.98. The van der Waals surface area contributed by atoms with Gasteiger partial charge in [0, 0.05) is 24.5 Å². The molecule has 0 saturated carbocycles. The summed E-state index contributed by atoms with van der Waals surface area (Å²) in [5.74, 6) is -0.930. The molecule has 0 saturated heterocycles. The Morgan fingerprint density at radius 1 is 1.53 bits per heavy atom. The van der Waals surface area contributed by atoms with Crippen LogP contribution in [-0.4, -0.2) is 30.1 Å². The molecular formula is C13H15ClN2O3. The number of amides is 1. The van der Waals surface area contributed by atoms with Crippen LogP contribution in [0.25, 0.3) is 0 Å². The molecule has 1 aliphatic heterocycles. The van der Waals surface area contributed by atoms with E-state index in [1.165, 1.54) is 0 Å². The molecule has 5 nitrogen and oxygen atoms in total. The highest BCUT2D eigenvalue weighted by Gasteiger charge is 2.21. The quantitative estimate of drug-likeness (QED) is 0.892. The van der Waals surface area contributed by atoms with Crippen LogP contribution in [0.4, 0.5) is 11.4 Å². The molecule has 1 aromatic carbocycles. The van der Waals surface area contributed by atoms with Crippen molar-refractivity contribution in [2.24, 2.45) is 0 Å². The standard InChI is InChI=1S/C13H15ClN2O3/c1-8-9(14)2-3-10-13(8)15-11(17)4-6-16(10)7-5-12(18)19/h2-3H,4-7H2,1H3,(H,15,17)(H,18,19). The number of nitrogens with one attached hydrogen (secondary N) is 1. The van der Waals surface area contributed by atoms with Crippen molar-refractivity contribution in [2.75, 3.05) is 23.3 Å². The summed E-state index contributed by atoms with van der Waals surface area (Å²) in [6.07, 6.45) is 0.376. The molecule has 0 aliphatic carbocycles. The Bertz CT molecular complexity index is 531. The number of rotatable bonds is 3. The van der Waals surface area contributed by atoms with E-state index in [-0.39, 0.29) is 12.3 Å². The zero-order valence-corrected chi connectivity index (χ0v) is 11.3. The zero-order chi connectivity index (χ0) is 14.0. The zero-order valence-electron chi connectivity index (χ0n) is 10.6. The van der Waals surface area contributed by atoms with Gasteiger partial charge in [0.25, 0.3) is 0 Å². The van der Waals surface area contributed by atoms with Gasteiger partial charge < -0.3 is 15.3 Å². The first-order valence-electron chi connectivity index (χ1n) is 6.04. The normalized spacial score (nSPS) is 14.6. The van der Waals surface area contributed by atoms with Gasteiger partial charge in [-0.15, -0.1) is 0 Å². The van der Waals surface area contributed by atoms with Crippen molar-refractivity contribution in [1.29, 1.82) is 0 Å². The van der Waals surface area contributed by atoms with E-state index < -0.39 is 5.97 Å². The van der Waals surface area contributed by atoms with Crippen molar-refractivity contribution in [2.45, 2.75) is 19.8 Å². The Labute approximate surface area is 116 Å². The predicted octanol–water partition coefficient (Wildman–Crippen LogP) is 2.27. The molecule has 1 aliphatic rings. The smallest absolute Gasteiger partial charge is 0.305 e. The van der Waals surface area contributed by atoms with Crippen molar-refractivity contribution >= 4 is 34.9 Å². The number of aliphatic carboxylic acids is 1. The predicted molar refractivity (Wildman–Crippen MR) is 73.9 cm³/mol. The summed E-state index contributed by atoms with van der Waals surface area (Å²) >= 11 is 6.06. The molecule has 6 heteroatoms. The molecule has 0 atom stereocenters. The maximum atomic E-state index is 11.7. The van der Waals surface area contributed by atoms with Crippen LogP contribution < -0.4 is 10.2 Å². The van der Waals surface area contributed by atoms with Crippen molar-refractivity contribution < 1.29 is 14.7 Å². The van der Waals surface area contributed by atoms with Gasteiger partial charge in [-0.1, -0.05) is 11.6 Å². The van der Waals surface area contributed by atoms with Crippen molar-refractivity contribution in [1.82, 2.24) is 0 Å². The molecular weight excluding hydrogens is 268 g/mol. The number of hydrogen-bond acceptors (Lipinski definition) is 3. The van der Waals surface area contributed by atoms with E-state index in [1.54, 1.807) is 6.07 Å². The van der Waals surface area contributed by atoms with Gasteiger partial charge in [0.15, 0.2) is 0 Å². The van der Waals surface area contributed by atoms with Gasteiger partial charge in [0.1, 0.15) is 0 Å². The number of fused-ring (bicyclic) bond motifs is 1. The highest BCUT2D eigenvalue weighted by molar-refractivity contribution is 6.32. The van der Waals surface area contributed by atoms with Crippen LogP contribution in [0, 0.1) is 6.92 Å². The van der Waals surface area contributed by atoms with E-state index in [0.29, 0.717) is 30.2 Å². The second-order valence-corrected chi connectivity index (χ2v) is 4.90. The number of carbonyl (C=O) groups excluding carboxylic acids is 1. The third-order valence-electron chi connectivity index (χ3n) is 3.19. The third-order valence-corrected chi connectivity index (χ3v) is 3.60. The van der Waals surface area contributed by atoms with Crippen molar-refractivity contribution in [3.05, 3.63) is 22.7 Å². The van der Waals surface area contributed by atoms with E-state index in [0.717, 1.165) is 11.3 Å². The molecule has 0 bridgehead atoms. The van der Waals surface area contributed by atoms with Gasteiger partial charge in [-0.3, -0.25) is 9.59 Å². The van der Waals surface area contributed by atoms with Gasteiger partial charge in [0.05, 0.1) is 17.8 Å². The van der Waals surface area contributed by atoms with Gasteiger partial charge in [0.2, 0.25) is 5.91 Å². The van der Waals surface area contributed by atoms with E-state index in [4.69, 9.17) is 16.7 Å². The molecule has 102 valence electrons. The highest BCUT2D eigenvalue weighted by Crippen LogP contribution is 2.35. The Kier molecular flexibility index (Phi) is 3.95. The Morgan fingerprint density at radius 3 is 2.95 bits per heavy atom. The Balaban J connectivity index is 2.37. The van der Waals surface area contributed by atoms with E-state index >= 15 is 0 Å². The van der Waals surface area contributed by atoms with E-state index in [2.05, 4.69) is 5.32 Å². The molecule has 19 heavy (non-hydrogen) atoms. The van der Waals surface area contributed by atoms with E-state index in [1.807, 2.05) is 17.9 Å². The van der Waals surface area contributed by atoms with Crippen molar-refractivity contribution in [3.8, 4) is 0 Å². The van der Waals surface area contributed by atoms with Gasteiger partial charge in [-0.05, 0) is 24.6 Å². The van der Waals surface area contributed by atoms with Gasteiger partial charge in [-0.25, -0.2) is 0 Å². The number of nitrogens with zero attached hydrogens (tertiary/aromatic N) is 1. The fraction of sp³-hybridized carbons (Fsp3) is 0.385. The fourth-order valence-electron chi connectivity index (χ4n) is 2.11. The first-order valence-corrected chi connectivity index (χ1v) is 6.42. The lowest BCUT2D eigenvalue weighted by Gasteiger charge is -2.24. The monoisotopic (exact) mass is 282 g/mol. The summed E-state index contributed by atoms with van der Waals surface area (Å²) in [6.45, 7) is 2.72. The van der Waals surface area contributed by atoms with Crippen LogP contribution in [0.3, 0.4) is 0 Å². The van der Waals surface area contributed by atoms with Crippen molar-refractivity contribution in [3.63, 3.8) is 0 Å². The topological polar surface area (TPSA) is 69.6 Å². The van der Waals surface area contributed by atoms with Crippen LogP contribution in [0.2, 0.25) is 5.02 Å². The minimum atomic E-state index is -0.851. The summed E-state index contributed by atoms with van der Waals surface area (Å²) in [5.41, 5.74) is 2.31. The molecule has 1 aromatic rings. The lowest BCUT2D eigenvalue weighted by Crippen LogP contribution is -2.27. The number of benzene rings is 1. The second kappa shape index (κ2) is 5.48. The second-order valence-electron chi connectivity index (χ2n) is 4.50. The van der Waals surface area contributed by atoms with E-state index in [9.17, 15) is 9.59 Å². The minimum absolute atomic E-state index is 0.0370. The largest absolute Gasteiger partial charge is 0.481 e. The summed E-state index contributed by atoms with van der Waals surface area (Å²) in [5, 5.41) is 12.2. The number of anilines is 2. The Morgan fingerprint density at radius 2 is 2.26 bits per heavy atom. The maximum Gasteiger partial charge on any atom is 0.305 e. The average molecular weight is 283 g/mol.